The number of aryl methyl sites for hydroxylation is 1. The SMILES string of the molecule is Cc1ccc(-c2cc(N3CCC(CNC(=O)c4ccc[nH]c4=O)CC3)n[nH]2)cc1. The highest BCUT2D eigenvalue weighted by molar-refractivity contribution is 5.93. The molecule has 1 amide bonds. The molecule has 29 heavy (non-hydrogen) atoms. The van der Waals surface area contributed by atoms with Crippen LogP contribution in [0, 0.1) is 12.8 Å². The number of carbonyl (C=O) groups is 1. The number of hydrogen-bond acceptors (Lipinski definition) is 4. The van der Waals surface area contributed by atoms with Gasteiger partial charge in [-0.3, -0.25) is 14.7 Å². The van der Waals surface area contributed by atoms with Crippen molar-refractivity contribution >= 4 is 11.7 Å². The van der Waals surface area contributed by atoms with Crippen molar-refractivity contribution in [3.63, 3.8) is 0 Å². The third-order valence-corrected chi connectivity index (χ3v) is 5.48. The van der Waals surface area contributed by atoms with Crippen molar-refractivity contribution in [1.29, 1.82) is 0 Å². The van der Waals surface area contributed by atoms with Crippen LogP contribution in [0.4, 0.5) is 5.82 Å². The molecular weight excluding hydrogens is 366 g/mol. The highest BCUT2D eigenvalue weighted by atomic mass is 16.2. The lowest BCUT2D eigenvalue weighted by Crippen LogP contribution is -2.39. The van der Waals surface area contributed by atoms with Gasteiger partial charge in [-0.25, -0.2) is 0 Å². The molecule has 7 heteroatoms. The number of hydrogen-bond donors (Lipinski definition) is 3. The standard InChI is InChI=1S/C22H25N5O2/c1-15-4-6-17(7-5-15)19-13-20(26-25-19)27-11-8-16(9-12-27)14-24-22(29)18-3-2-10-23-21(18)28/h2-7,10,13,16H,8-9,11-12,14H2,1H3,(H,23,28)(H,24,29)(H,25,26). The van der Waals surface area contributed by atoms with E-state index in [0.717, 1.165) is 43.0 Å². The first-order chi connectivity index (χ1) is 14.1. The molecule has 1 saturated heterocycles. The van der Waals surface area contributed by atoms with Gasteiger partial charge in [0.25, 0.3) is 11.5 Å². The Kier molecular flexibility index (Phi) is 5.46. The minimum absolute atomic E-state index is 0.157. The topological polar surface area (TPSA) is 93.9 Å². The predicted octanol–water partition coefficient (Wildman–Crippen LogP) is 2.72. The van der Waals surface area contributed by atoms with E-state index in [1.807, 2.05) is 0 Å². The Hall–Kier alpha value is -3.35. The van der Waals surface area contributed by atoms with Gasteiger partial charge in [-0.15, -0.1) is 0 Å². The average Bonchev–Trinajstić information content (AvgIpc) is 3.23. The lowest BCUT2D eigenvalue weighted by atomic mass is 9.96. The second-order valence-electron chi connectivity index (χ2n) is 7.56. The maximum atomic E-state index is 12.2. The molecule has 0 aliphatic carbocycles. The predicted molar refractivity (Wildman–Crippen MR) is 113 cm³/mol. The fraction of sp³-hybridized carbons (Fsp3) is 0.318. The Labute approximate surface area is 169 Å². The molecule has 0 bridgehead atoms. The van der Waals surface area contributed by atoms with Crippen molar-refractivity contribution in [2.24, 2.45) is 5.92 Å². The van der Waals surface area contributed by atoms with Gasteiger partial charge in [0, 0.05) is 31.9 Å². The smallest absolute Gasteiger partial charge is 0.260 e. The molecule has 150 valence electrons. The summed E-state index contributed by atoms with van der Waals surface area (Å²) >= 11 is 0. The summed E-state index contributed by atoms with van der Waals surface area (Å²) in [7, 11) is 0. The quantitative estimate of drug-likeness (QED) is 0.623. The third-order valence-electron chi connectivity index (χ3n) is 5.48. The van der Waals surface area contributed by atoms with Gasteiger partial charge in [0.05, 0.1) is 5.69 Å². The molecule has 7 nitrogen and oxygen atoms in total. The van der Waals surface area contributed by atoms with Crippen LogP contribution in [0.3, 0.4) is 0 Å². The minimum atomic E-state index is -0.359. The number of carbonyl (C=O) groups excluding carboxylic acids is 1. The summed E-state index contributed by atoms with van der Waals surface area (Å²) in [5.74, 6) is 1.04. The number of nitrogens with zero attached hydrogens (tertiary/aromatic N) is 2. The molecule has 0 spiro atoms. The number of aromatic amines is 2. The van der Waals surface area contributed by atoms with E-state index in [-0.39, 0.29) is 17.0 Å². The number of H-pyrrole nitrogens is 2. The third kappa shape index (κ3) is 4.39. The maximum Gasteiger partial charge on any atom is 0.260 e. The second kappa shape index (κ2) is 8.34. The Morgan fingerprint density at radius 2 is 1.97 bits per heavy atom. The van der Waals surface area contributed by atoms with Crippen LogP contribution in [0.15, 0.2) is 53.5 Å². The van der Waals surface area contributed by atoms with Crippen LogP contribution >= 0.6 is 0 Å². The summed E-state index contributed by atoms with van der Waals surface area (Å²) in [4.78, 5) is 28.7. The highest BCUT2D eigenvalue weighted by Gasteiger charge is 2.22. The van der Waals surface area contributed by atoms with Crippen LogP contribution in [-0.2, 0) is 0 Å². The zero-order chi connectivity index (χ0) is 20.2. The molecule has 3 heterocycles. The van der Waals surface area contributed by atoms with Gasteiger partial charge < -0.3 is 15.2 Å². The fourth-order valence-corrected chi connectivity index (χ4v) is 3.65. The van der Waals surface area contributed by atoms with Gasteiger partial charge in [0.2, 0.25) is 0 Å². The van der Waals surface area contributed by atoms with E-state index in [4.69, 9.17) is 0 Å². The monoisotopic (exact) mass is 391 g/mol. The van der Waals surface area contributed by atoms with Gasteiger partial charge in [-0.05, 0) is 43.4 Å². The lowest BCUT2D eigenvalue weighted by Gasteiger charge is -2.32. The highest BCUT2D eigenvalue weighted by Crippen LogP contribution is 2.25. The van der Waals surface area contributed by atoms with Crippen molar-refractivity contribution in [2.45, 2.75) is 19.8 Å². The summed E-state index contributed by atoms with van der Waals surface area (Å²) in [5.41, 5.74) is 3.18. The van der Waals surface area contributed by atoms with Gasteiger partial charge in [0.1, 0.15) is 5.56 Å². The zero-order valence-electron chi connectivity index (χ0n) is 16.4. The van der Waals surface area contributed by atoms with Crippen molar-refractivity contribution in [3.8, 4) is 11.3 Å². The average molecular weight is 391 g/mol. The van der Waals surface area contributed by atoms with E-state index in [1.165, 1.54) is 11.8 Å². The van der Waals surface area contributed by atoms with Crippen molar-refractivity contribution in [3.05, 3.63) is 70.1 Å². The van der Waals surface area contributed by atoms with E-state index >= 15 is 0 Å². The number of benzene rings is 1. The first-order valence-corrected chi connectivity index (χ1v) is 9.93. The van der Waals surface area contributed by atoms with Crippen molar-refractivity contribution in [2.75, 3.05) is 24.5 Å². The van der Waals surface area contributed by atoms with Gasteiger partial charge >= 0.3 is 0 Å². The fourth-order valence-electron chi connectivity index (χ4n) is 3.65. The number of nitrogens with one attached hydrogen (secondary N) is 3. The maximum absolute atomic E-state index is 12.2. The van der Waals surface area contributed by atoms with Gasteiger partial charge in [0.15, 0.2) is 5.82 Å². The van der Waals surface area contributed by atoms with E-state index in [0.29, 0.717) is 12.5 Å². The molecule has 2 aromatic heterocycles. The zero-order valence-corrected chi connectivity index (χ0v) is 16.4. The van der Waals surface area contributed by atoms with E-state index in [9.17, 15) is 9.59 Å². The second-order valence-corrected chi connectivity index (χ2v) is 7.56. The molecule has 1 aromatic carbocycles. The van der Waals surface area contributed by atoms with Crippen LogP contribution in [0.25, 0.3) is 11.3 Å². The Morgan fingerprint density at radius 1 is 1.21 bits per heavy atom. The molecule has 0 radical (unpaired) electrons. The van der Waals surface area contributed by atoms with Gasteiger partial charge in [-0.1, -0.05) is 29.8 Å². The Balaban J connectivity index is 1.30. The number of piperidine rings is 1. The normalized spacial score (nSPS) is 14.7. The summed E-state index contributed by atoms with van der Waals surface area (Å²) in [6.07, 6.45) is 3.46. The molecule has 4 rings (SSSR count). The van der Waals surface area contributed by atoms with Crippen molar-refractivity contribution in [1.82, 2.24) is 20.5 Å². The number of aromatic nitrogens is 3. The molecule has 0 unspecified atom stereocenters. The van der Waals surface area contributed by atoms with Gasteiger partial charge in [-0.2, -0.15) is 5.10 Å². The number of pyridine rings is 1. The molecule has 0 saturated carbocycles. The molecule has 0 atom stereocenters. The minimum Gasteiger partial charge on any atom is -0.355 e. The van der Waals surface area contributed by atoms with Crippen molar-refractivity contribution < 1.29 is 4.79 Å². The van der Waals surface area contributed by atoms with Crippen LogP contribution < -0.4 is 15.8 Å². The first-order valence-electron chi connectivity index (χ1n) is 9.93. The summed E-state index contributed by atoms with van der Waals surface area (Å²) in [6, 6.07) is 13.7. The van der Waals surface area contributed by atoms with Crippen LogP contribution in [-0.4, -0.2) is 40.7 Å². The van der Waals surface area contributed by atoms with E-state index in [2.05, 4.69) is 62.7 Å². The summed E-state index contributed by atoms with van der Waals surface area (Å²) in [5, 5.41) is 10.5. The number of amides is 1. The van der Waals surface area contributed by atoms with E-state index in [1.54, 1.807) is 12.1 Å². The molecule has 3 aromatic rings. The molecule has 1 fully saturated rings. The Bertz CT molecular complexity index is 1030. The summed E-state index contributed by atoms with van der Waals surface area (Å²) < 4.78 is 0. The van der Waals surface area contributed by atoms with Crippen LogP contribution in [0.5, 0.6) is 0 Å². The van der Waals surface area contributed by atoms with E-state index < -0.39 is 0 Å². The summed E-state index contributed by atoms with van der Waals surface area (Å²) in [6.45, 7) is 4.44. The lowest BCUT2D eigenvalue weighted by molar-refractivity contribution is 0.0943. The Morgan fingerprint density at radius 3 is 2.69 bits per heavy atom. The molecule has 3 N–H and O–H groups in total. The van der Waals surface area contributed by atoms with Crippen LogP contribution in [0.1, 0.15) is 28.8 Å². The first kappa shape index (κ1) is 19.0. The number of anilines is 1. The molecule has 1 aliphatic rings. The molecule has 1 aliphatic heterocycles. The number of rotatable bonds is 5. The van der Waals surface area contributed by atoms with Crippen LogP contribution in [0.2, 0.25) is 0 Å². The largest absolute Gasteiger partial charge is 0.355 e. The molecular formula is C22H25N5O2.